The standard InChI is InChI=1S/C8H15Cl/c1-6(2)8-3-7(4-8)5-9/h6-8H,3-5H2,1-2H3. The topological polar surface area (TPSA) is 0 Å². The Labute approximate surface area is 62.6 Å². The van der Waals surface area contributed by atoms with Crippen LogP contribution in [-0.2, 0) is 0 Å². The molecule has 0 nitrogen and oxygen atoms in total. The van der Waals surface area contributed by atoms with E-state index in [-0.39, 0.29) is 0 Å². The molecular formula is C8H15Cl. The van der Waals surface area contributed by atoms with Crippen LogP contribution < -0.4 is 0 Å². The molecule has 1 saturated carbocycles. The molecule has 54 valence electrons. The highest BCUT2D eigenvalue weighted by molar-refractivity contribution is 6.18. The lowest BCUT2D eigenvalue weighted by Crippen LogP contribution is -2.28. The molecule has 9 heavy (non-hydrogen) atoms. The Balaban J connectivity index is 2.12. The first kappa shape index (κ1) is 7.40. The Hall–Kier alpha value is 0.290. The van der Waals surface area contributed by atoms with Gasteiger partial charge in [-0.15, -0.1) is 11.6 Å². The molecular weight excluding hydrogens is 132 g/mol. The summed E-state index contributed by atoms with van der Waals surface area (Å²) in [7, 11) is 0. The lowest BCUT2D eigenvalue weighted by molar-refractivity contribution is 0.159. The third-order valence-electron chi connectivity index (χ3n) is 2.43. The second kappa shape index (κ2) is 2.92. The molecule has 0 heterocycles. The maximum atomic E-state index is 5.67. The largest absolute Gasteiger partial charge is 0.126 e. The van der Waals surface area contributed by atoms with E-state index in [2.05, 4.69) is 13.8 Å². The van der Waals surface area contributed by atoms with Crippen molar-refractivity contribution in [2.24, 2.45) is 17.8 Å². The molecule has 0 aromatic carbocycles. The van der Waals surface area contributed by atoms with E-state index in [1.54, 1.807) is 0 Å². The minimum absolute atomic E-state index is 0.846. The third-order valence-corrected chi connectivity index (χ3v) is 2.87. The van der Waals surface area contributed by atoms with Gasteiger partial charge in [0.25, 0.3) is 0 Å². The predicted octanol–water partition coefficient (Wildman–Crippen LogP) is 2.91. The van der Waals surface area contributed by atoms with Crippen LogP contribution in [0.1, 0.15) is 26.7 Å². The van der Waals surface area contributed by atoms with Gasteiger partial charge in [0.2, 0.25) is 0 Å². The van der Waals surface area contributed by atoms with Crippen LogP contribution in [-0.4, -0.2) is 5.88 Å². The molecule has 0 atom stereocenters. The van der Waals surface area contributed by atoms with Gasteiger partial charge in [-0.05, 0) is 30.6 Å². The first-order valence-corrected chi connectivity index (χ1v) is 4.33. The van der Waals surface area contributed by atoms with E-state index < -0.39 is 0 Å². The van der Waals surface area contributed by atoms with Crippen LogP contribution in [0.15, 0.2) is 0 Å². The maximum absolute atomic E-state index is 5.67. The Morgan fingerprint density at radius 2 is 2.00 bits per heavy atom. The zero-order chi connectivity index (χ0) is 6.85. The SMILES string of the molecule is CC(C)C1CC(CCl)C1. The van der Waals surface area contributed by atoms with E-state index in [1.165, 1.54) is 12.8 Å². The first-order chi connectivity index (χ1) is 4.24. The summed E-state index contributed by atoms with van der Waals surface area (Å²) in [4.78, 5) is 0. The fourth-order valence-electron chi connectivity index (χ4n) is 1.46. The third kappa shape index (κ3) is 1.61. The van der Waals surface area contributed by atoms with Crippen LogP contribution in [0.4, 0.5) is 0 Å². The minimum Gasteiger partial charge on any atom is -0.126 e. The average molecular weight is 147 g/mol. The van der Waals surface area contributed by atoms with Gasteiger partial charge in [0, 0.05) is 5.88 Å². The normalized spacial score (nSPS) is 34.7. The summed E-state index contributed by atoms with van der Waals surface area (Å²) in [5.74, 6) is 3.58. The second-order valence-electron chi connectivity index (χ2n) is 3.50. The van der Waals surface area contributed by atoms with Crippen molar-refractivity contribution < 1.29 is 0 Å². The summed E-state index contributed by atoms with van der Waals surface area (Å²) in [6, 6.07) is 0. The van der Waals surface area contributed by atoms with Crippen LogP contribution in [0.2, 0.25) is 0 Å². The van der Waals surface area contributed by atoms with E-state index in [9.17, 15) is 0 Å². The lowest BCUT2D eigenvalue weighted by atomic mass is 9.70. The van der Waals surface area contributed by atoms with Crippen molar-refractivity contribution in [3.05, 3.63) is 0 Å². The van der Waals surface area contributed by atoms with E-state index in [0.717, 1.165) is 23.6 Å². The van der Waals surface area contributed by atoms with Crippen LogP contribution in [0.5, 0.6) is 0 Å². The van der Waals surface area contributed by atoms with Crippen molar-refractivity contribution >= 4 is 11.6 Å². The predicted molar refractivity (Wildman–Crippen MR) is 41.8 cm³/mol. The first-order valence-electron chi connectivity index (χ1n) is 3.80. The Bertz CT molecular complexity index is 82.6. The van der Waals surface area contributed by atoms with Gasteiger partial charge < -0.3 is 0 Å². The molecule has 1 aliphatic carbocycles. The molecule has 1 heteroatoms. The van der Waals surface area contributed by atoms with Gasteiger partial charge in [-0.1, -0.05) is 13.8 Å². The molecule has 0 N–H and O–H groups in total. The number of hydrogen-bond acceptors (Lipinski definition) is 0. The van der Waals surface area contributed by atoms with E-state index >= 15 is 0 Å². The summed E-state index contributed by atoms with van der Waals surface area (Å²) >= 11 is 5.67. The van der Waals surface area contributed by atoms with E-state index in [1.807, 2.05) is 0 Å². The molecule has 0 radical (unpaired) electrons. The summed E-state index contributed by atoms with van der Waals surface area (Å²) in [5, 5.41) is 0. The van der Waals surface area contributed by atoms with Gasteiger partial charge >= 0.3 is 0 Å². The van der Waals surface area contributed by atoms with Crippen LogP contribution in [0, 0.1) is 17.8 Å². The van der Waals surface area contributed by atoms with E-state index in [0.29, 0.717) is 0 Å². The number of alkyl halides is 1. The number of halogens is 1. The maximum Gasteiger partial charge on any atom is 0.0251 e. The highest BCUT2D eigenvalue weighted by atomic mass is 35.5. The molecule has 0 aromatic heterocycles. The van der Waals surface area contributed by atoms with Crippen LogP contribution >= 0.6 is 11.6 Å². The molecule has 1 rings (SSSR count). The molecule has 1 fully saturated rings. The molecule has 0 aromatic rings. The molecule has 0 unspecified atom stereocenters. The van der Waals surface area contributed by atoms with Crippen molar-refractivity contribution in [2.45, 2.75) is 26.7 Å². The van der Waals surface area contributed by atoms with Gasteiger partial charge in [0.1, 0.15) is 0 Å². The zero-order valence-electron chi connectivity index (χ0n) is 6.23. The summed E-state index contributed by atoms with van der Waals surface area (Å²) < 4.78 is 0. The van der Waals surface area contributed by atoms with Gasteiger partial charge in [0.05, 0.1) is 0 Å². The summed E-state index contributed by atoms with van der Waals surface area (Å²) in [5.41, 5.74) is 0. The molecule has 1 aliphatic rings. The molecule has 0 saturated heterocycles. The van der Waals surface area contributed by atoms with Gasteiger partial charge in [-0.2, -0.15) is 0 Å². The van der Waals surface area contributed by atoms with Crippen molar-refractivity contribution in [3.8, 4) is 0 Å². The average Bonchev–Trinajstić information content (AvgIpc) is 1.61. The van der Waals surface area contributed by atoms with Crippen LogP contribution in [0.3, 0.4) is 0 Å². The monoisotopic (exact) mass is 146 g/mol. The number of hydrogen-bond donors (Lipinski definition) is 0. The lowest BCUT2D eigenvalue weighted by Gasteiger charge is -2.36. The van der Waals surface area contributed by atoms with Crippen molar-refractivity contribution in [2.75, 3.05) is 5.88 Å². The quantitative estimate of drug-likeness (QED) is 0.526. The smallest absolute Gasteiger partial charge is 0.0251 e. The molecule has 0 amide bonds. The fourth-order valence-corrected chi connectivity index (χ4v) is 1.71. The van der Waals surface area contributed by atoms with Crippen LogP contribution in [0.25, 0.3) is 0 Å². The van der Waals surface area contributed by atoms with Gasteiger partial charge in [0.15, 0.2) is 0 Å². The van der Waals surface area contributed by atoms with Gasteiger partial charge in [-0.3, -0.25) is 0 Å². The van der Waals surface area contributed by atoms with E-state index in [4.69, 9.17) is 11.6 Å². The Kier molecular flexibility index (Phi) is 2.40. The zero-order valence-corrected chi connectivity index (χ0v) is 6.99. The molecule has 0 aliphatic heterocycles. The summed E-state index contributed by atoms with van der Waals surface area (Å²) in [6.07, 6.45) is 2.75. The van der Waals surface area contributed by atoms with Crippen molar-refractivity contribution in [1.29, 1.82) is 0 Å². The highest BCUT2D eigenvalue weighted by Gasteiger charge is 2.29. The Morgan fingerprint density at radius 3 is 2.33 bits per heavy atom. The highest BCUT2D eigenvalue weighted by Crippen LogP contribution is 2.38. The van der Waals surface area contributed by atoms with Crippen molar-refractivity contribution in [1.82, 2.24) is 0 Å². The van der Waals surface area contributed by atoms with Gasteiger partial charge in [-0.25, -0.2) is 0 Å². The number of rotatable bonds is 2. The van der Waals surface area contributed by atoms with Crippen molar-refractivity contribution in [3.63, 3.8) is 0 Å². The minimum atomic E-state index is 0.846. The summed E-state index contributed by atoms with van der Waals surface area (Å²) in [6.45, 7) is 4.60. The molecule has 0 bridgehead atoms. The molecule has 0 spiro atoms. The fraction of sp³-hybridized carbons (Fsp3) is 1.00. The Morgan fingerprint density at radius 1 is 1.44 bits per heavy atom. The second-order valence-corrected chi connectivity index (χ2v) is 3.80.